The number of thiophene rings is 1. The molecule has 0 saturated carbocycles. The third-order valence-electron chi connectivity index (χ3n) is 11.1. The van der Waals surface area contributed by atoms with Gasteiger partial charge in [0.25, 0.3) is 0 Å². The Kier molecular flexibility index (Phi) is 8.35. The van der Waals surface area contributed by atoms with E-state index in [1.54, 1.807) is 0 Å². The van der Waals surface area contributed by atoms with Crippen LogP contribution in [-0.2, 0) is 12.8 Å². The van der Waals surface area contributed by atoms with E-state index in [0.29, 0.717) is 5.92 Å². The molecule has 0 fully saturated rings. The van der Waals surface area contributed by atoms with Gasteiger partial charge in [-0.25, -0.2) is 0 Å². The van der Waals surface area contributed by atoms with Gasteiger partial charge in [-0.2, -0.15) is 0 Å². The molecule has 1 atom stereocenters. The van der Waals surface area contributed by atoms with Crippen molar-refractivity contribution in [1.29, 1.82) is 0 Å². The summed E-state index contributed by atoms with van der Waals surface area (Å²) in [5.74, 6) is 0.310. The van der Waals surface area contributed by atoms with E-state index in [1.165, 1.54) is 91.8 Å². The van der Waals surface area contributed by atoms with E-state index >= 15 is 0 Å². The Morgan fingerprint density at radius 1 is 0.333 bits per heavy atom. The maximum atomic E-state index is 2.44. The van der Waals surface area contributed by atoms with Crippen LogP contribution in [0.1, 0.15) is 22.6 Å². The van der Waals surface area contributed by atoms with E-state index in [1.807, 2.05) is 11.3 Å². The van der Waals surface area contributed by atoms with Crippen molar-refractivity contribution < 1.29 is 0 Å². The van der Waals surface area contributed by atoms with Crippen molar-refractivity contribution in [2.75, 3.05) is 0 Å². The van der Waals surface area contributed by atoms with Gasteiger partial charge in [-0.05, 0) is 121 Å². The summed E-state index contributed by atoms with van der Waals surface area (Å²) in [5, 5.41) is 7.79. The topological polar surface area (TPSA) is 0 Å². The highest BCUT2D eigenvalue weighted by molar-refractivity contribution is 7.25. The highest BCUT2D eigenvalue weighted by Gasteiger charge is 2.19. The molecule has 1 aromatic heterocycles. The lowest BCUT2D eigenvalue weighted by Crippen LogP contribution is -2.08. The van der Waals surface area contributed by atoms with Gasteiger partial charge >= 0.3 is 0 Å². The molecule has 1 heteroatoms. The third kappa shape index (κ3) is 6.27. The first kappa shape index (κ1) is 32.4. The fourth-order valence-corrected chi connectivity index (χ4v) is 9.50. The first-order valence-corrected chi connectivity index (χ1v) is 19.7. The molecule has 10 aromatic rings. The van der Waals surface area contributed by atoms with Crippen LogP contribution in [0.2, 0.25) is 0 Å². The van der Waals surface area contributed by atoms with Gasteiger partial charge in [0.2, 0.25) is 0 Å². The van der Waals surface area contributed by atoms with Crippen LogP contribution >= 0.6 is 11.3 Å². The fourth-order valence-electron chi connectivity index (χ4n) is 8.33. The molecule has 0 bridgehead atoms. The first-order chi connectivity index (χ1) is 26.7. The lowest BCUT2D eigenvalue weighted by molar-refractivity contribution is 0.682. The Hall–Kier alpha value is -6.28. The minimum absolute atomic E-state index is 0.310. The standard InChI is InChI=1S/C53H38S/c1-3-11-38(12-4-1)41-23-25-45-35-46(27-26-43(45)33-41)44-24-22-40-29-36(19-21-42(40)34-44)30-47(49-16-8-7-15-48(49)39-13-5-2-6-14-39)31-37-20-28-51-50-17-9-10-18-52(50)54-53(51)32-37/h1-29,32-35,47H,30-31H2. The van der Waals surface area contributed by atoms with E-state index in [-0.39, 0.29) is 0 Å². The lowest BCUT2D eigenvalue weighted by Gasteiger charge is -2.22. The van der Waals surface area contributed by atoms with Crippen molar-refractivity contribution in [1.82, 2.24) is 0 Å². The smallest absolute Gasteiger partial charge is 0.0358 e. The molecule has 1 unspecified atom stereocenters. The molecular weight excluding hydrogens is 669 g/mol. The Labute approximate surface area is 320 Å². The summed E-state index contributed by atoms with van der Waals surface area (Å²) >= 11 is 1.90. The van der Waals surface area contributed by atoms with Gasteiger partial charge in [0.1, 0.15) is 0 Å². The van der Waals surface area contributed by atoms with Crippen LogP contribution in [0.25, 0.3) is 75.1 Å². The minimum atomic E-state index is 0.310. The molecule has 10 rings (SSSR count). The van der Waals surface area contributed by atoms with Crippen molar-refractivity contribution in [2.24, 2.45) is 0 Å². The number of benzene rings is 9. The van der Waals surface area contributed by atoms with Crippen LogP contribution in [-0.4, -0.2) is 0 Å². The quantitative estimate of drug-likeness (QED) is 0.148. The summed E-state index contributed by atoms with van der Waals surface area (Å²) in [5.41, 5.74) is 11.7. The average molecular weight is 707 g/mol. The second-order valence-corrected chi connectivity index (χ2v) is 15.6. The monoisotopic (exact) mass is 706 g/mol. The van der Waals surface area contributed by atoms with Crippen molar-refractivity contribution in [3.63, 3.8) is 0 Å². The third-order valence-corrected chi connectivity index (χ3v) is 12.2. The molecule has 0 amide bonds. The Bertz CT molecular complexity index is 2930. The van der Waals surface area contributed by atoms with Crippen LogP contribution in [0.5, 0.6) is 0 Å². The Balaban J connectivity index is 0.975. The summed E-state index contributed by atoms with van der Waals surface area (Å²) in [6.07, 6.45) is 1.93. The average Bonchev–Trinajstić information content (AvgIpc) is 3.61. The van der Waals surface area contributed by atoms with Gasteiger partial charge < -0.3 is 0 Å². The minimum Gasteiger partial charge on any atom is -0.135 e. The maximum absolute atomic E-state index is 2.44. The zero-order chi connectivity index (χ0) is 35.8. The van der Waals surface area contributed by atoms with Gasteiger partial charge in [-0.1, -0.05) is 170 Å². The second kappa shape index (κ2) is 13.9. The van der Waals surface area contributed by atoms with E-state index in [0.717, 1.165) is 12.8 Å². The van der Waals surface area contributed by atoms with E-state index in [4.69, 9.17) is 0 Å². The first-order valence-electron chi connectivity index (χ1n) is 18.9. The molecule has 0 radical (unpaired) electrons. The number of hydrogen-bond acceptors (Lipinski definition) is 1. The van der Waals surface area contributed by atoms with Crippen LogP contribution < -0.4 is 0 Å². The van der Waals surface area contributed by atoms with Crippen LogP contribution in [0, 0.1) is 0 Å². The molecule has 9 aromatic carbocycles. The van der Waals surface area contributed by atoms with Crippen molar-refractivity contribution in [3.05, 3.63) is 217 Å². The molecule has 0 spiro atoms. The molecule has 0 N–H and O–H groups in total. The van der Waals surface area contributed by atoms with Gasteiger partial charge in [0.15, 0.2) is 0 Å². The maximum Gasteiger partial charge on any atom is 0.0358 e. The van der Waals surface area contributed by atoms with Crippen LogP contribution in [0.15, 0.2) is 200 Å². The molecule has 0 nitrogen and oxygen atoms in total. The van der Waals surface area contributed by atoms with E-state index in [2.05, 4.69) is 200 Å². The molecule has 1 heterocycles. The number of fused-ring (bicyclic) bond motifs is 5. The Morgan fingerprint density at radius 3 is 1.54 bits per heavy atom. The van der Waals surface area contributed by atoms with Gasteiger partial charge in [-0.15, -0.1) is 11.3 Å². The lowest BCUT2D eigenvalue weighted by atomic mass is 9.82. The van der Waals surface area contributed by atoms with Crippen molar-refractivity contribution in [3.8, 4) is 33.4 Å². The van der Waals surface area contributed by atoms with Crippen LogP contribution in [0.4, 0.5) is 0 Å². The van der Waals surface area contributed by atoms with Gasteiger partial charge in [0.05, 0.1) is 0 Å². The number of rotatable bonds is 8. The van der Waals surface area contributed by atoms with E-state index in [9.17, 15) is 0 Å². The molecule has 256 valence electrons. The molecule has 0 aliphatic rings. The normalized spacial score (nSPS) is 12.1. The summed E-state index contributed by atoms with van der Waals surface area (Å²) in [7, 11) is 0. The molecule has 54 heavy (non-hydrogen) atoms. The van der Waals surface area contributed by atoms with Gasteiger partial charge in [0, 0.05) is 20.2 Å². The largest absolute Gasteiger partial charge is 0.135 e. The summed E-state index contributed by atoms with van der Waals surface area (Å²) in [6.45, 7) is 0. The zero-order valence-electron chi connectivity index (χ0n) is 30.0. The SMILES string of the molecule is c1ccc(-c2ccc3cc(-c4ccc5cc(CC(Cc6ccc7c(c6)sc6ccccc67)c6ccccc6-c6ccccc6)ccc5c4)ccc3c2)cc1. The number of hydrogen-bond donors (Lipinski definition) is 0. The van der Waals surface area contributed by atoms with Crippen molar-refractivity contribution >= 4 is 53.1 Å². The molecule has 0 aliphatic heterocycles. The van der Waals surface area contributed by atoms with Crippen LogP contribution in [0.3, 0.4) is 0 Å². The predicted octanol–water partition coefficient (Wildman–Crippen LogP) is 14.9. The van der Waals surface area contributed by atoms with Gasteiger partial charge in [-0.3, -0.25) is 0 Å². The molecule has 0 aliphatic carbocycles. The summed E-state index contributed by atoms with van der Waals surface area (Å²) in [6, 6.07) is 74.1. The fraction of sp³-hybridized carbons (Fsp3) is 0.0566. The van der Waals surface area contributed by atoms with E-state index < -0.39 is 0 Å². The van der Waals surface area contributed by atoms with Crippen molar-refractivity contribution in [2.45, 2.75) is 18.8 Å². The summed E-state index contributed by atoms with van der Waals surface area (Å²) in [4.78, 5) is 0. The second-order valence-electron chi connectivity index (χ2n) is 14.5. The highest BCUT2D eigenvalue weighted by Crippen LogP contribution is 2.38. The predicted molar refractivity (Wildman–Crippen MR) is 234 cm³/mol. The molecular formula is C53H38S. The Morgan fingerprint density at radius 2 is 0.833 bits per heavy atom. The molecule has 0 saturated heterocycles. The zero-order valence-corrected chi connectivity index (χ0v) is 30.8. The summed E-state index contributed by atoms with van der Waals surface area (Å²) < 4.78 is 2.72. The highest BCUT2D eigenvalue weighted by atomic mass is 32.1.